The number of benzene rings is 1. The van der Waals surface area contributed by atoms with Gasteiger partial charge in [-0.15, -0.1) is 0 Å². The van der Waals surface area contributed by atoms with Crippen molar-refractivity contribution >= 4 is 23.4 Å². The Bertz CT molecular complexity index is 1100. The molecule has 28 heavy (non-hydrogen) atoms. The Labute approximate surface area is 167 Å². The molecular weight excluding hydrogens is 374 g/mol. The zero-order valence-electron chi connectivity index (χ0n) is 16.0. The summed E-state index contributed by atoms with van der Waals surface area (Å²) in [5.41, 5.74) is 2.54. The average molecular weight is 396 g/mol. The molecule has 0 saturated carbocycles. The highest BCUT2D eigenvalue weighted by Gasteiger charge is 2.45. The van der Waals surface area contributed by atoms with E-state index in [9.17, 15) is 9.59 Å². The summed E-state index contributed by atoms with van der Waals surface area (Å²) < 4.78 is 3.64. The summed E-state index contributed by atoms with van der Waals surface area (Å²) in [6.45, 7) is 3.62. The monoisotopic (exact) mass is 396 g/mol. The van der Waals surface area contributed by atoms with Crippen molar-refractivity contribution in [2.24, 2.45) is 7.05 Å². The Morgan fingerprint density at radius 3 is 2.75 bits per heavy atom. The van der Waals surface area contributed by atoms with Crippen LogP contribution in [0.25, 0.3) is 11.3 Å². The number of amides is 1. The lowest BCUT2D eigenvalue weighted by atomic mass is 10.0. The van der Waals surface area contributed by atoms with Crippen LogP contribution in [0.2, 0.25) is 0 Å². The molecule has 4 rings (SSSR count). The minimum Gasteiger partial charge on any atom is -0.347 e. The van der Waals surface area contributed by atoms with Crippen molar-refractivity contribution < 1.29 is 9.48 Å². The quantitative estimate of drug-likeness (QED) is 0.543. The molecule has 7 nitrogen and oxygen atoms in total. The first-order chi connectivity index (χ1) is 13.5. The van der Waals surface area contributed by atoms with Crippen LogP contribution in [-0.4, -0.2) is 26.3 Å². The minimum atomic E-state index is -0.536. The molecule has 3 aromatic rings. The molecule has 0 aliphatic carbocycles. The van der Waals surface area contributed by atoms with Gasteiger partial charge in [0.25, 0.3) is 0 Å². The third kappa shape index (κ3) is 2.93. The normalized spacial score (nSPS) is 15.2. The summed E-state index contributed by atoms with van der Waals surface area (Å²) >= 11 is 1.50. The lowest BCUT2D eigenvalue weighted by molar-refractivity contribution is -0.763. The maximum atomic E-state index is 13.0. The minimum absolute atomic E-state index is 0.110. The van der Waals surface area contributed by atoms with Gasteiger partial charge in [-0.2, -0.15) is 0 Å². The Balaban J connectivity index is 2.04. The van der Waals surface area contributed by atoms with Crippen LogP contribution < -0.4 is 15.1 Å². The number of thioether (sulfide) groups is 1. The lowest BCUT2D eigenvalue weighted by Gasteiger charge is -2.31. The van der Waals surface area contributed by atoms with E-state index in [1.54, 1.807) is 9.58 Å². The summed E-state index contributed by atoms with van der Waals surface area (Å²) in [5.74, 6) is 0.742. The van der Waals surface area contributed by atoms with Crippen LogP contribution in [0.15, 0.2) is 52.5 Å². The average Bonchev–Trinajstić information content (AvgIpc) is 3.10. The van der Waals surface area contributed by atoms with Crippen molar-refractivity contribution in [3.8, 4) is 11.3 Å². The molecule has 1 atom stereocenters. The number of aryl methyl sites for hydroxylation is 1. The molecule has 8 heteroatoms. The maximum absolute atomic E-state index is 13.0. The van der Waals surface area contributed by atoms with Gasteiger partial charge in [0.2, 0.25) is 11.1 Å². The molecule has 0 unspecified atom stereocenters. The molecule has 1 amide bonds. The molecule has 1 N–H and O–H groups in total. The summed E-state index contributed by atoms with van der Waals surface area (Å²) in [7, 11) is 1.92. The number of nitrogens with one attached hydrogen (secondary N) is 1. The first kappa shape index (κ1) is 18.5. The van der Waals surface area contributed by atoms with Gasteiger partial charge in [0, 0.05) is 31.0 Å². The van der Waals surface area contributed by atoms with Gasteiger partial charge in [-0.25, -0.2) is 4.90 Å². The molecule has 2 aromatic heterocycles. The number of para-hydroxylation sites is 1. The number of H-pyrrole nitrogens is 1. The predicted octanol–water partition coefficient (Wildman–Crippen LogP) is 2.48. The fourth-order valence-electron chi connectivity index (χ4n) is 3.59. The van der Waals surface area contributed by atoms with E-state index in [1.807, 2.05) is 54.2 Å². The second-order valence-corrected chi connectivity index (χ2v) is 7.81. The van der Waals surface area contributed by atoms with Gasteiger partial charge >= 0.3 is 17.4 Å². The topological polar surface area (TPSA) is 74.9 Å². The number of hydrogen-bond donors (Lipinski definition) is 1. The largest absolute Gasteiger partial charge is 0.347 e. The van der Waals surface area contributed by atoms with Crippen LogP contribution in [0.1, 0.15) is 32.1 Å². The number of aromatic nitrogens is 4. The standard InChI is InChI=1S/C20H21N5O2S/c1-4-12-28-20-21-18(27)17-14-8-5-6-9-15(14)24(13(2)26)19(25(17)22-20)16-10-7-11-23(16)3/h5-11,19H,4,12H2,1-3H3/p+1/t19-/m1/s1. The number of rotatable bonds is 4. The fourth-order valence-corrected chi connectivity index (χ4v) is 4.29. The Hall–Kier alpha value is -2.87. The molecule has 0 spiro atoms. The van der Waals surface area contributed by atoms with E-state index in [1.165, 1.54) is 18.7 Å². The molecular formula is C20H22N5O2S+. The second-order valence-electron chi connectivity index (χ2n) is 6.72. The molecule has 1 aliphatic heterocycles. The van der Waals surface area contributed by atoms with E-state index in [-0.39, 0.29) is 11.5 Å². The van der Waals surface area contributed by atoms with Crippen LogP contribution in [0, 0.1) is 0 Å². The van der Waals surface area contributed by atoms with Crippen molar-refractivity contribution in [1.82, 2.24) is 14.6 Å². The summed E-state index contributed by atoms with van der Waals surface area (Å²) in [4.78, 5) is 30.4. The smallest absolute Gasteiger partial charge is 0.325 e. The number of hydrogen-bond acceptors (Lipinski definition) is 4. The number of aromatic amines is 1. The van der Waals surface area contributed by atoms with Crippen molar-refractivity contribution in [2.75, 3.05) is 10.7 Å². The highest BCUT2D eigenvalue weighted by molar-refractivity contribution is 7.99. The van der Waals surface area contributed by atoms with Gasteiger partial charge in [0.05, 0.1) is 11.3 Å². The number of anilines is 1. The van der Waals surface area contributed by atoms with Gasteiger partial charge in [0.1, 0.15) is 5.69 Å². The van der Waals surface area contributed by atoms with Crippen molar-refractivity contribution in [1.29, 1.82) is 0 Å². The Kier molecular flexibility index (Phi) is 4.80. The van der Waals surface area contributed by atoms with E-state index < -0.39 is 6.17 Å². The van der Waals surface area contributed by atoms with Gasteiger partial charge < -0.3 is 4.57 Å². The molecule has 1 aromatic carbocycles. The van der Waals surface area contributed by atoms with Crippen LogP contribution in [0.4, 0.5) is 5.69 Å². The second kappa shape index (κ2) is 7.27. The van der Waals surface area contributed by atoms with Crippen LogP contribution in [-0.2, 0) is 11.8 Å². The molecule has 0 bridgehead atoms. The van der Waals surface area contributed by atoms with Gasteiger partial charge in [-0.05, 0) is 35.4 Å². The van der Waals surface area contributed by atoms with E-state index >= 15 is 0 Å². The zero-order chi connectivity index (χ0) is 19.8. The molecule has 1 aliphatic rings. The highest BCUT2D eigenvalue weighted by atomic mass is 32.2. The first-order valence-electron chi connectivity index (χ1n) is 9.22. The van der Waals surface area contributed by atoms with E-state index in [0.29, 0.717) is 22.1 Å². The number of carbonyl (C=O) groups is 1. The summed E-state index contributed by atoms with van der Waals surface area (Å²) in [6, 6.07) is 11.3. The third-order valence-electron chi connectivity index (χ3n) is 4.79. The molecule has 0 radical (unpaired) electrons. The number of nitrogens with zero attached hydrogens (tertiary/aromatic N) is 4. The fraction of sp³-hybridized carbons (Fsp3) is 0.300. The van der Waals surface area contributed by atoms with Gasteiger partial charge in [-0.1, -0.05) is 30.8 Å². The highest BCUT2D eigenvalue weighted by Crippen LogP contribution is 2.37. The number of carbonyl (C=O) groups excluding carboxylic acids is 1. The predicted molar refractivity (Wildman–Crippen MR) is 108 cm³/mol. The SMILES string of the molecule is CCCSc1n[n+]2c(c(=O)[nH]1)-c1ccccc1N(C(C)=O)[C@H]2c1cccn1C. The molecule has 3 heterocycles. The maximum Gasteiger partial charge on any atom is 0.325 e. The van der Waals surface area contributed by atoms with E-state index in [0.717, 1.165) is 17.9 Å². The van der Waals surface area contributed by atoms with Crippen molar-refractivity contribution in [3.05, 3.63) is 58.6 Å². The Morgan fingerprint density at radius 2 is 2.07 bits per heavy atom. The van der Waals surface area contributed by atoms with Crippen LogP contribution >= 0.6 is 11.8 Å². The van der Waals surface area contributed by atoms with Crippen LogP contribution in [0.5, 0.6) is 0 Å². The third-order valence-corrected chi connectivity index (χ3v) is 5.86. The molecule has 0 saturated heterocycles. The summed E-state index contributed by atoms with van der Waals surface area (Å²) in [6.07, 6.45) is 2.36. The Morgan fingerprint density at radius 1 is 1.29 bits per heavy atom. The molecule has 144 valence electrons. The van der Waals surface area contributed by atoms with Crippen molar-refractivity contribution in [2.45, 2.75) is 31.6 Å². The van der Waals surface area contributed by atoms with Crippen molar-refractivity contribution in [3.63, 3.8) is 0 Å². The molecule has 0 fully saturated rings. The lowest BCUT2D eigenvalue weighted by Crippen LogP contribution is -2.61. The summed E-state index contributed by atoms with van der Waals surface area (Å²) in [5, 5.41) is 5.29. The van der Waals surface area contributed by atoms with Gasteiger partial charge in [0.15, 0.2) is 0 Å². The van der Waals surface area contributed by atoms with E-state index in [4.69, 9.17) is 5.10 Å². The van der Waals surface area contributed by atoms with Crippen LogP contribution in [0.3, 0.4) is 0 Å². The first-order valence-corrected chi connectivity index (χ1v) is 10.2. The zero-order valence-corrected chi connectivity index (χ0v) is 16.9. The van der Waals surface area contributed by atoms with E-state index in [2.05, 4.69) is 11.9 Å². The number of fused-ring (bicyclic) bond motifs is 3. The van der Waals surface area contributed by atoms with Gasteiger partial charge in [-0.3, -0.25) is 14.6 Å².